The summed E-state index contributed by atoms with van der Waals surface area (Å²) in [4.78, 5) is 1.52. The molecule has 1 heterocycles. The largest absolute Gasteiger partial charge is 0.203 e. The van der Waals surface area contributed by atoms with Gasteiger partial charge in [0.2, 0.25) is 0 Å². The second-order valence-electron chi connectivity index (χ2n) is 4.22. The maximum absolute atomic E-state index is 13.5. The van der Waals surface area contributed by atoms with Crippen LogP contribution in [0.3, 0.4) is 0 Å². The maximum Gasteiger partial charge on any atom is 0.164 e. The first kappa shape index (κ1) is 12.0. The van der Waals surface area contributed by atoms with Crippen LogP contribution >= 0.6 is 0 Å². The molecule has 0 N–H and O–H groups in total. The van der Waals surface area contributed by atoms with E-state index in [0.717, 1.165) is 12.8 Å². The monoisotopic (exact) mass is 239 g/mol. The molecule has 0 aliphatic heterocycles. The lowest BCUT2D eigenvalue weighted by atomic mass is 10.1. The van der Waals surface area contributed by atoms with Crippen LogP contribution in [0.2, 0.25) is 0 Å². The second kappa shape index (κ2) is 4.39. The van der Waals surface area contributed by atoms with Crippen LogP contribution in [-0.2, 0) is 6.54 Å². The molecule has 17 heavy (non-hydrogen) atoms. The van der Waals surface area contributed by atoms with E-state index in [9.17, 15) is 8.78 Å². The molecule has 0 radical (unpaired) electrons. The summed E-state index contributed by atoms with van der Waals surface area (Å²) in [6.45, 7) is 5.80. The molecule has 1 aromatic carbocycles. The zero-order valence-corrected chi connectivity index (χ0v) is 10.2. The number of rotatable bonds is 3. The smallest absolute Gasteiger partial charge is 0.164 e. The molecule has 5 heteroatoms. The first-order chi connectivity index (χ1) is 8.06. The quantitative estimate of drug-likeness (QED) is 0.823. The van der Waals surface area contributed by atoms with E-state index in [1.165, 1.54) is 18.6 Å². The van der Waals surface area contributed by atoms with Gasteiger partial charge in [-0.3, -0.25) is 0 Å². The molecule has 0 saturated carbocycles. The average Bonchev–Trinajstić information content (AvgIpc) is 2.75. The normalized spacial score (nSPS) is 11.4. The van der Waals surface area contributed by atoms with Crippen LogP contribution in [0.4, 0.5) is 8.78 Å². The number of hydrogen-bond donors (Lipinski definition) is 0. The van der Waals surface area contributed by atoms with Crippen molar-refractivity contribution >= 4 is 11.0 Å². The van der Waals surface area contributed by atoms with Crippen molar-refractivity contribution in [1.82, 2.24) is 15.0 Å². The highest BCUT2D eigenvalue weighted by atomic mass is 19.2. The van der Waals surface area contributed by atoms with E-state index in [1.54, 1.807) is 0 Å². The van der Waals surface area contributed by atoms with Crippen molar-refractivity contribution in [3.63, 3.8) is 0 Å². The van der Waals surface area contributed by atoms with Crippen LogP contribution in [0.15, 0.2) is 0 Å². The number of aromatic nitrogens is 3. The SMILES string of the molecule is CCCCn1nc2c(C)c(F)c(F)c(C)c2n1. The Morgan fingerprint density at radius 1 is 1.00 bits per heavy atom. The molecule has 3 nitrogen and oxygen atoms in total. The first-order valence-electron chi connectivity index (χ1n) is 5.75. The van der Waals surface area contributed by atoms with Gasteiger partial charge in [0.25, 0.3) is 0 Å². The van der Waals surface area contributed by atoms with E-state index >= 15 is 0 Å². The molecule has 0 bridgehead atoms. The predicted octanol–water partition coefficient (Wildman–Crippen LogP) is 3.13. The van der Waals surface area contributed by atoms with Crippen molar-refractivity contribution in [3.05, 3.63) is 22.8 Å². The van der Waals surface area contributed by atoms with E-state index < -0.39 is 11.6 Å². The summed E-state index contributed by atoms with van der Waals surface area (Å²) in [7, 11) is 0. The molecule has 2 aromatic rings. The minimum atomic E-state index is -0.822. The Morgan fingerprint density at radius 3 is 1.88 bits per heavy atom. The van der Waals surface area contributed by atoms with E-state index in [-0.39, 0.29) is 11.1 Å². The molecule has 0 atom stereocenters. The van der Waals surface area contributed by atoms with E-state index in [2.05, 4.69) is 17.1 Å². The first-order valence-corrected chi connectivity index (χ1v) is 5.75. The third-order valence-corrected chi connectivity index (χ3v) is 2.93. The van der Waals surface area contributed by atoms with Crippen LogP contribution in [0.1, 0.15) is 30.9 Å². The van der Waals surface area contributed by atoms with Crippen molar-refractivity contribution in [1.29, 1.82) is 0 Å². The summed E-state index contributed by atoms with van der Waals surface area (Å²) in [5, 5.41) is 8.42. The Labute approximate surface area is 98.4 Å². The Hall–Kier alpha value is -1.52. The standard InChI is InChI=1S/C12H15F2N3/c1-4-5-6-17-15-11-7(2)9(13)10(14)8(3)12(11)16-17/h4-6H2,1-3H3. The summed E-state index contributed by atoms with van der Waals surface area (Å²) in [5.41, 5.74) is 1.37. The topological polar surface area (TPSA) is 30.7 Å². The highest BCUT2D eigenvalue weighted by Gasteiger charge is 2.18. The predicted molar refractivity (Wildman–Crippen MR) is 61.8 cm³/mol. The van der Waals surface area contributed by atoms with Gasteiger partial charge in [-0.25, -0.2) is 8.78 Å². The van der Waals surface area contributed by atoms with Gasteiger partial charge in [0.05, 0.1) is 6.54 Å². The molecule has 1 aromatic heterocycles. The minimum absolute atomic E-state index is 0.228. The van der Waals surface area contributed by atoms with Crippen LogP contribution < -0.4 is 0 Å². The second-order valence-corrected chi connectivity index (χ2v) is 4.22. The highest BCUT2D eigenvalue weighted by molar-refractivity contribution is 5.81. The van der Waals surface area contributed by atoms with Gasteiger partial charge in [-0.1, -0.05) is 13.3 Å². The van der Waals surface area contributed by atoms with Crippen molar-refractivity contribution in [2.75, 3.05) is 0 Å². The molecular weight excluding hydrogens is 224 g/mol. The lowest BCUT2D eigenvalue weighted by molar-refractivity contribution is 0.500. The van der Waals surface area contributed by atoms with Crippen molar-refractivity contribution in [2.24, 2.45) is 0 Å². The van der Waals surface area contributed by atoms with E-state index in [0.29, 0.717) is 17.6 Å². The number of hydrogen-bond acceptors (Lipinski definition) is 2. The molecule has 0 fully saturated rings. The fourth-order valence-electron chi connectivity index (χ4n) is 1.79. The zero-order valence-electron chi connectivity index (χ0n) is 10.2. The number of aryl methyl sites for hydroxylation is 3. The lowest BCUT2D eigenvalue weighted by Crippen LogP contribution is -2.01. The Kier molecular flexibility index (Phi) is 3.09. The molecule has 0 aliphatic carbocycles. The fourth-order valence-corrected chi connectivity index (χ4v) is 1.79. The Morgan fingerprint density at radius 2 is 1.47 bits per heavy atom. The molecule has 2 rings (SSSR count). The van der Waals surface area contributed by atoms with E-state index in [4.69, 9.17) is 0 Å². The van der Waals surface area contributed by atoms with Gasteiger partial charge in [-0.15, -0.1) is 0 Å². The van der Waals surface area contributed by atoms with Gasteiger partial charge in [0.15, 0.2) is 11.6 Å². The number of benzene rings is 1. The Balaban J connectivity index is 2.60. The molecule has 0 saturated heterocycles. The number of halogens is 2. The van der Waals surface area contributed by atoms with Crippen LogP contribution in [0.25, 0.3) is 11.0 Å². The molecule has 0 spiro atoms. The molecule has 92 valence electrons. The molecule has 0 unspecified atom stereocenters. The van der Waals surface area contributed by atoms with Crippen molar-refractivity contribution in [2.45, 2.75) is 40.2 Å². The van der Waals surface area contributed by atoms with E-state index in [1.807, 2.05) is 0 Å². The summed E-state index contributed by atoms with van der Waals surface area (Å²) in [5.74, 6) is -1.64. The third kappa shape index (κ3) is 1.90. The molecule has 0 aliphatic rings. The molecular formula is C12H15F2N3. The highest BCUT2D eigenvalue weighted by Crippen LogP contribution is 2.25. The summed E-state index contributed by atoms with van der Waals surface area (Å²) < 4.78 is 27.1. The minimum Gasteiger partial charge on any atom is -0.203 e. The van der Waals surface area contributed by atoms with Gasteiger partial charge < -0.3 is 0 Å². The third-order valence-electron chi connectivity index (χ3n) is 2.93. The fraction of sp³-hybridized carbons (Fsp3) is 0.500. The lowest BCUT2D eigenvalue weighted by Gasteiger charge is -2.01. The number of nitrogens with zero attached hydrogens (tertiary/aromatic N) is 3. The van der Waals surface area contributed by atoms with Crippen LogP contribution in [0, 0.1) is 25.5 Å². The van der Waals surface area contributed by atoms with Gasteiger partial charge in [-0.05, 0) is 20.3 Å². The Bertz CT molecular complexity index is 516. The summed E-state index contributed by atoms with van der Waals surface area (Å²) in [6.07, 6.45) is 1.97. The van der Waals surface area contributed by atoms with Crippen molar-refractivity contribution in [3.8, 4) is 0 Å². The zero-order chi connectivity index (χ0) is 12.6. The summed E-state index contributed by atoms with van der Waals surface area (Å²) in [6, 6.07) is 0. The average molecular weight is 239 g/mol. The molecule has 0 amide bonds. The van der Waals surface area contributed by atoms with Crippen LogP contribution in [0.5, 0.6) is 0 Å². The van der Waals surface area contributed by atoms with Gasteiger partial charge in [0, 0.05) is 11.1 Å². The maximum atomic E-state index is 13.5. The van der Waals surface area contributed by atoms with Crippen molar-refractivity contribution < 1.29 is 8.78 Å². The van der Waals surface area contributed by atoms with Gasteiger partial charge >= 0.3 is 0 Å². The van der Waals surface area contributed by atoms with Gasteiger partial charge in [-0.2, -0.15) is 15.0 Å². The summed E-state index contributed by atoms with van der Waals surface area (Å²) >= 11 is 0. The number of unbranched alkanes of at least 4 members (excludes halogenated alkanes) is 1. The van der Waals surface area contributed by atoms with Gasteiger partial charge in [0.1, 0.15) is 11.0 Å². The number of fused-ring (bicyclic) bond motifs is 1. The van der Waals surface area contributed by atoms with Crippen LogP contribution in [-0.4, -0.2) is 15.0 Å².